The number of rotatable bonds is 2. The van der Waals surface area contributed by atoms with Gasteiger partial charge in [-0.1, -0.05) is 12.1 Å². The van der Waals surface area contributed by atoms with Gasteiger partial charge in [0.15, 0.2) is 0 Å². The highest BCUT2D eigenvalue weighted by atomic mass is 127. The van der Waals surface area contributed by atoms with Gasteiger partial charge in [-0.2, -0.15) is 0 Å². The second kappa shape index (κ2) is 4.11. The van der Waals surface area contributed by atoms with Crippen molar-refractivity contribution in [2.24, 2.45) is 0 Å². The first-order valence-corrected chi connectivity index (χ1v) is 5.04. The fourth-order valence-electron chi connectivity index (χ4n) is 0.921. The number of para-hydroxylation sites is 1. The van der Waals surface area contributed by atoms with E-state index >= 15 is 0 Å². The maximum Gasteiger partial charge on any atom is 0.135 e. The van der Waals surface area contributed by atoms with Crippen LogP contribution in [0.5, 0.6) is 5.75 Å². The molecule has 57 valence electrons. The molecule has 0 spiro atoms. The van der Waals surface area contributed by atoms with Gasteiger partial charge in [0.1, 0.15) is 5.75 Å². The van der Waals surface area contributed by atoms with Crippen molar-refractivity contribution >= 4 is 32.8 Å². The molecule has 0 aromatic heterocycles. The quantitative estimate of drug-likeness (QED) is 0.592. The highest BCUT2D eigenvalue weighted by molar-refractivity contribution is 14.1. The molecule has 0 aliphatic carbocycles. The lowest BCUT2D eigenvalue weighted by Gasteiger charge is -2.07. The summed E-state index contributed by atoms with van der Waals surface area (Å²) < 4.78 is 6.38. The molecule has 0 saturated heterocycles. The highest BCUT2D eigenvalue weighted by Gasteiger charge is 2.03. The lowest BCUT2D eigenvalue weighted by Crippen LogP contribution is -1.93. The third kappa shape index (κ3) is 1.96. The molecule has 0 N–H and O–H groups in total. The Morgan fingerprint density at radius 1 is 1.55 bits per heavy atom. The lowest BCUT2D eigenvalue weighted by atomic mass is 10.2. The molecule has 0 bridgehead atoms. The fourth-order valence-corrected chi connectivity index (χ4v) is 1.97. The summed E-state index contributed by atoms with van der Waals surface area (Å²) in [6, 6.07) is 6.94. The molecule has 0 fully saturated rings. The van der Waals surface area contributed by atoms with E-state index in [0.717, 1.165) is 15.4 Å². The van der Waals surface area contributed by atoms with E-state index in [-0.39, 0.29) is 0 Å². The summed E-state index contributed by atoms with van der Waals surface area (Å²) in [5.74, 6) is 0.975. The van der Waals surface area contributed by atoms with E-state index in [9.17, 15) is 0 Å². The van der Waals surface area contributed by atoms with Crippen LogP contribution in [0.4, 0.5) is 0 Å². The van der Waals surface area contributed by atoms with Crippen LogP contribution in [-0.2, 0) is 6.04 Å². The number of benzene rings is 1. The zero-order valence-corrected chi connectivity index (χ0v) is 9.38. The van der Waals surface area contributed by atoms with Crippen LogP contribution in [0, 0.1) is 3.57 Å². The largest absolute Gasteiger partial charge is 0.495 e. The normalized spacial score (nSPS) is 9.73. The maximum atomic E-state index is 5.23. The van der Waals surface area contributed by atoms with Gasteiger partial charge in [0.2, 0.25) is 0 Å². The van der Waals surface area contributed by atoms with Crippen LogP contribution in [0.15, 0.2) is 18.2 Å². The topological polar surface area (TPSA) is 9.23 Å². The van der Waals surface area contributed by atoms with Gasteiger partial charge in [-0.05, 0) is 40.3 Å². The average molecular weight is 275 g/mol. The molecule has 1 aromatic rings. The Kier molecular flexibility index (Phi) is 3.38. The molecule has 3 heteroatoms. The van der Waals surface area contributed by atoms with Gasteiger partial charge < -0.3 is 4.74 Å². The number of hydrogen-bond acceptors (Lipinski definition) is 1. The van der Waals surface area contributed by atoms with Crippen molar-refractivity contribution in [3.63, 3.8) is 0 Å². The summed E-state index contributed by atoms with van der Waals surface area (Å²) in [6.07, 6.45) is 0. The van der Waals surface area contributed by atoms with Gasteiger partial charge in [-0.15, -0.1) is 0 Å². The smallest absolute Gasteiger partial charge is 0.135 e. The van der Waals surface area contributed by atoms with Crippen molar-refractivity contribution in [3.8, 4) is 5.75 Å². The van der Waals surface area contributed by atoms with E-state index in [1.165, 1.54) is 5.56 Å². The van der Waals surface area contributed by atoms with E-state index in [1.807, 2.05) is 18.2 Å². The van der Waals surface area contributed by atoms with Crippen molar-refractivity contribution in [1.82, 2.24) is 0 Å². The highest BCUT2D eigenvalue weighted by Crippen LogP contribution is 2.24. The molecule has 1 nitrogen and oxygen atoms in total. The van der Waals surface area contributed by atoms with Crippen molar-refractivity contribution in [2.45, 2.75) is 6.04 Å². The maximum absolute atomic E-state index is 5.23. The molecule has 0 unspecified atom stereocenters. The van der Waals surface area contributed by atoms with Crippen LogP contribution in [0.1, 0.15) is 5.56 Å². The minimum Gasteiger partial charge on any atom is -0.495 e. The first-order valence-electron chi connectivity index (χ1n) is 3.25. The molecule has 0 heterocycles. The molecule has 0 atom stereocenters. The second-order valence-electron chi connectivity index (χ2n) is 2.11. The molecule has 0 amide bonds. The number of halogens is 1. The van der Waals surface area contributed by atoms with Gasteiger partial charge in [0, 0.05) is 10.2 Å². The molecule has 0 aliphatic rings. The van der Waals surface area contributed by atoms with E-state index < -0.39 is 0 Å². The Hall–Kier alpha value is -0.0331. The van der Waals surface area contributed by atoms with Gasteiger partial charge >= 0.3 is 0 Å². The molecule has 1 rings (SSSR count). The summed E-state index contributed by atoms with van der Waals surface area (Å²) in [5.41, 5.74) is 1.19. The standard InChI is InChI=1S/C8H8IOSi/c1-10-8-6(5-11)3-2-4-7(8)9/h2-4H,5H2,1H3. The van der Waals surface area contributed by atoms with Crippen molar-refractivity contribution in [1.29, 1.82) is 0 Å². The van der Waals surface area contributed by atoms with E-state index in [4.69, 9.17) is 4.74 Å². The molecular formula is C8H8IOSi. The van der Waals surface area contributed by atoms with E-state index in [0.29, 0.717) is 0 Å². The summed E-state index contributed by atoms with van der Waals surface area (Å²) in [5, 5.41) is 0. The third-order valence-electron chi connectivity index (χ3n) is 1.44. The van der Waals surface area contributed by atoms with Crippen molar-refractivity contribution in [3.05, 3.63) is 27.3 Å². The van der Waals surface area contributed by atoms with E-state index in [1.54, 1.807) is 7.11 Å². The second-order valence-corrected chi connectivity index (χ2v) is 3.62. The molecule has 11 heavy (non-hydrogen) atoms. The predicted octanol–water partition coefficient (Wildman–Crippen LogP) is 1.97. The van der Waals surface area contributed by atoms with Crippen LogP contribution in [0.3, 0.4) is 0 Å². The third-order valence-corrected chi connectivity index (χ3v) is 2.67. The molecule has 1 aromatic carbocycles. The van der Waals surface area contributed by atoms with Crippen LogP contribution < -0.4 is 4.74 Å². The fraction of sp³-hybridized carbons (Fsp3) is 0.250. The number of hydrogen-bond donors (Lipinski definition) is 0. The Morgan fingerprint density at radius 3 is 2.73 bits per heavy atom. The minimum atomic E-state index is 0.833. The van der Waals surface area contributed by atoms with Crippen molar-refractivity contribution < 1.29 is 4.74 Å². The average Bonchev–Trinajstić information content (AvgIpc) is 2.04. The summed E-state index contributed by atoms with van der Waals surface area (Å²) in [4.78, 5) is 0. The lowest BCUT2D eigenvalue weighted by molar-refractivity contribution is 0.408. The number of ether oxygens (including phenoxy) is 1. The summed E-state index contributed by atoms with van der Waals surface area (Å²) >= 11 is 2.26. The van der Waals surface area contributed by atoms with Crippen LogP contribution >= 0.6 is 22.6 Å². The van der Waals surface area contributed by atoms with E-state index in [2.05, 4.69) is 32.8 Å². The molecular weight excluding hydrogens is 267 g/mol. The van der Waals surface area contributed by atoms with Crippen LogP contribution in [0.2, 0.25) is 0 Å². The van der Waals surface area contributed by atoms with Gasteiger partial charge in [-0.3, -0.25) is 0 Å². The minimum absolute atomic E-state index is 0.833. The first-order chi connectivity index (χ1) is 5.29. The van der Waals surface area contributed by atoms with Gasteiger partial charge in [-0.25, -0.2) is 0 Å². The SMILES string of the molecule is COc1c(I)cccc1C[Si]. The van der Waals surface area contributed by atoms with Crippen molar-refractivity contribution in [2.75, 3.05) is 7.11 Å². The Labute approximate surface area is 83.7 Å². The Balaban J connectivity index is 3.13. The summed E-state index contributed by atoms with van der Waals surface area (Å²) in [6.45, 7) is 0. The van der Waals surface area contributed by atoms with Gasteiger partial charge in [0.25, 0.3) is 0 Å². The van der Waals surface area contributed by atoms with Gasteiger partial charge in [0.05, 0.1) is 10.7 Å². The first kappa shape index (κ1) is 9.06. The zero-order chi connectivity index (χ0) is 8.27. The monoisotopic (exact) mass is 275 g/mol. The number of methoxy groups -OCH3 is 1. The molecule has 3 radical (unpaired) electrons. The van der Waals surface area contributed by atoms with Crippen LogP contribution in [-0.4, -0.2) is 17.4 Å². The Bertz CT molecular complexity index is 250. The Morgan fingerprint density at radius 2 is 2.27 bits per heavy atom. The predicted molar refractivity (Wildman–Crippen MR) is 55.2 cm³/mol. The summed E-state index contributed by atoms with van der Waals surface area (Å²) in [7, 11) is 5.14. The molecule has 0 saturated carbocycles. The van der Waals surface area contributed by atoms with Crippen LogP contribution in [0.25, 0.3) is 0 Å². The molecule has 0 aliphatic heterocycles. The zero-order valence-electron chi connectivity index (χ0n) is 6.23.